The summed E-state index contributed by atoms with van der Waals surface area (Å²) in [5.41, 5.74) is 2.02. The maximum Gasteiger partial charge on any atom is 0.163 e. The molecule has 0 saturated heterocycles. The third-order valence-corrected chi connectivity index (χ3v) is 2.77. The Bertz CT molecular complexity index is 725. The van der Waals surface area contributed by atoms with E-state index >= 15 is 0 Å². The van der Waals surface area contributed by atoms with E-state index in [-0.39, 0.29) is 5.82 Å². The molecule has 0 N–H and O–H groups in total. The second kappa shape index (κ2) is 4.14. The molecule has 2 heterocycles. The smallest absolute Gasteiger partial charge is 0.163 e. The highest BCUT2D eigenvalue weighted by Crippen LogP contribution is 2.19. The van der Waals surface area contributed by atoms with Crippen molar-refractivity contribution in [2.45, 2.75) is 6.92 Å². The molecule has 0 aliphatic rings. The van der Waals surface area contributed by atoms with Gasteiger partial charge in [-0.25, -0.2) is 19.3 Å². The molecule has 0 radical (unpaired) electrons. The number of pyridine rings is 1. The summed E-state index contributed by atoms with van der Waals surface area (Å²) in [6, 6.07) is 8.58. The lowest BCUT2D eigenvalue weighted by Gasteiger charge is -2.03. The van der Waals surface area contributed by atoms with Gasteiger partial charge in [0, 0.05) is 23.3 Å². The molecule has 4 heteroatoms. The van der Waals surface area contributed by atoms with Crippen molar-refractivity contribution in [1.29, 1.82) is 0 Å². The van der Waals surface area contributed by atoms with Crippen LogP contribution in [-0.4, -0.2) is 15.0 Å². The first kappa shape index (κ1) is 10.8. The molecule has 1 aromatic carbocycles. The highest BCUT2D eigenvalue weighted by atomic mass is 19.1. The molecule has 88 valence electrons. The molecule has 3 aromatic rings. The maximum absolute atomic E-state index is 13.2. The van der Waals surface area contributed by atoms with E-state index in [2.05, 4.69) is 15.0 Å². The van der Waals surface area contributed by atoms with Gasteiger partial charge in [0.2, 0.25) is 0 Å². The number of rotatable bonds is 1. The Balaban J connectivity index is 2.16. The number of halogens is 1. The molecule has 0 fully saturated rings. The van der Waals surface area contributed by atoms with Crippen molar-refractivity contribution in [2.75, 3.05) is 0 Å². The van der Waals surface area contributed by atoms with Gasteiger partial charge in [-0.3, -0.25) is 0 Å². The van der Waals surface area contributed by atoms with E-state index in [4.69, 9.17) is 0 Å². The summed E-state index contributed by atoms with van der Waals surface area (Å²) in [6.07, 6.45) is 3.42. The SMILES string of the molecule is Cc1cc(-c2ncc3cccnc3n2)ccc1F. The number of benzene rings is 1. The summed E-state index contributed by atoms with van der Waals surface area (Å²) in [6.45, 7) is 1.72. The van der Waals surface area contributed by atoms with Crippen molar-refractivity contribution in [2.24, 2.45) is 0 Å². The van der Waals surface area contributed by atoms with E-state index in [0.29, 0.717) is 17.0 Å². The molecule has 0 saturated carbocycles. The van der Waals surface area contributed by atoms with Crippen LogP contribution in [0.1, 0.15) is 5.56 Å². The molecule has 2 aromatic heterocycles. The zero-order chi connectivity index (χ0) is 12.5. The molecule has 0 unspecified atom stereocenters. The molecule has 0 aliphatic heterocycles. The Hall–Kier alpha value is -2.36. The predicted octanol–water partition coefficient (Wildman–Crippen LogP) is 3.14. The quantitative estimate of drug-likeness (QED) is 0.654. The summed E-state index contributed by atoms with van der Waals surface area (Å²) in [4.78, 5) is 12.8. The lowest BCUT2D eigenvalue weighted by Crippen LogP contribution is -1.92. The predicted molar refractivity (Wildman–Crippen MR) is 67.5 cm³/mol. The van der Waals surface area contributed by atoms with E-state index < -0.39 is 0 Å². The number of aromatic nitrogens is 3. The average Bonchev–Trinajstić information content (AvgIpc) is 2.41. The third-order valence-electron chi connectivity index (χ3n) is 2.77. The van der Waals surface area contributed by atoms with E-state index in [1.54, 1.807) is 31.5 Å². The zero-order valence-corrected chi connectivity index (χ0v) is 9.76. The van der Waals surface area contributed by atoms with Gasteiger partial charge in [0.05, 0.1) is 0 Å². The summed E-state index contributed by atoms with van der Waals surface area (Å²) in [7, 11) is 0. The fraction of sp³-hybridized carbons (Fsp3) is 0.0714. The fourth-order valence-corrected chi connectivity index (χ4v) is 1.79. The van der Waals surface area contributed by atoms with Crippen molar-refractivity contribution in [3.05, 3.63) is 54.1 Å². The Kier molecular flexibility index (Phi) is 2.48. The Morgan fingerprint density at radius 3 is 2.83 bits per heavy atom. The van der Waals surface area contributed by atoms with Gasteiger partial charge in [-0.05, 0) is 42.8 Å². The van der Waals surface area contributed by atoms with Crippen molar-refractivity contribution < 1.29 is 4.39 Å². The van der Waals surface area contributed by atoms with Crippen LogP contribution in [0.15, 0.2) is 42.7 Å². The van der Waals surface area contributed by atoms with Gasteiger partial charge in [-0.2, -0.15) is 0 Å². The topological polar surface area (TPSA) is 38.7 Å². The van der Waals surface area contributed by atoms with Crippen LogP contribution in [0.4, 0.5) is 4.39 Å². The molecule has 0 bridgehead atoms. The summed E-state index contributed by atoms with van der Waals surface area (Å²) >= 11 is 0. The highest BCUT2D eigenvalue weighted by Gasteiger charge is 2.05. The minimum Gasteiger partial charge on any atom is -0.237 e. The standard InChI is InChI=1S/C14H10FN3/c1-9-7-10(4-5-12(9)15)13-17-8-11-3-2-6-16-14(11)18-13/h2-8H,1H3. The molecule has 0 atom stereocenters. The summed E-state index contributed by atoms with van der Waals surface area (Å²) in [5.74, 6) is 0.335. The van der Waals surface area contributed by atoms with Gasteiger partial charge in [-0.1, -0.05) is 0 Å². The molecular weight excluding hydrogens is 229 g/mol. The summed E-state index contributed by atoms with van der Waals surface area (Å²) < 4.78 is 13.2. The van der Waals surface area contributed by atoms with Crippen LogP contribution in [0.3, 0.4) is 0 Å². The number of hydrogen-bond acceptors (Lipinski definition) is 3. The van der Waals surface area contributed by atoms with Crippen LogP contribution in [0.5, 0.6) is 0 Å². The molecule has 0 spiro atoms. The minimum absolute atomic E-state index is 0.224. The van der Waals surface area contributed by atoms with E-state index in [1.807, 2.05) is 12.1 Å². The van der Waals surface area contributed by atoms with Gasteiger partial charge in [-0.15, -0.1) is 0 Å². The largest absolute Gasteiger partial charge is 0.237 e. The van der Waals surface area contributed by atoms with Crippen molar-refractivity contribution in [1.82, 2.24) is 15.0 Å². The normalized spacial score (nSPS) is 10.8. The first-order valence-electron chi connectivity index (χ1n) is 5.58. The average molecular weight is 239 g/mol. The molecule has 18 heavy (non-hydrogen) atoms. The third kappa shape index (κ3) is 1.82. The minimum atomic E-state index is -0.224. The van der Waals surface area contributed by atoms with Crippen LogP contribution in [-0.2, 0) is 0 Å². The molecular formula is C14H10FN3. The Labute approximate surface area is 103 Å². The van der Waals surface area contributed by atoms with Gasteiger partial charge in [0.1, 0.15) is 5.82 Å². The van der Waals surface area contributed by atoms with Gasteiger partial charge in [0.25, 0.3) is 0 Å². The maximum atomic E-state index is 13.2. The van der Waals surface area contributed by atoms with Crippen LogP contribution >= 0.6 is 0 Å². The Morgan fingerprint density at radius 2 is 2.00 bits per heavy atom. The molecule has 0 amide bonds. The molecule has 3 nitrogen and oxygen atoms in total. The van der Waals surface area contributed by atoms with Gasteiger partial charge >= 0.3 is 0 Å². The van der Waals surface area contributed by atoms with E-state index in [9.17, 15) is 4.39 Å². The van der Waals surface area contributed by atoms with Crippen molar-refractivity contribution in [3.8, 4) is 11.4 Å². The van der Waals surface area contributed by atoms with Crippen molar-refractivity contribution in [3.63, 3.8) is 0 Å². The fourth-order valence-electron chi connectivity index (χ4n) is 1.79. The highest BCUT2D eigenvalue weighted by molar-refractivity contribution is 5.75. The first-order chi connectivity index (χ1) is 8.74. The van der Waals surface area contributed by atoms with Crippen LogP contribution in [0.2, 0.25) is 0 Å². The summed E-state index contributed by atoms with van der Waals surface area (Å²) in [5, 5.41) is 0.889. The lowest BCUT2D eigenvalue weighted by atomic mass is 10.1. The molecule has 0 aliphatic carbocycles. The first-order valence-corrected chi connectivity index (χ1v) is 5.58. The van der Waals surface area contributed by atoms with Crippen LogP contribution < -0.4 is 0 Å². The lowest BCUT2D eigenvalue weighted by molar-refractivity contribution is 0.618. The number of hydrogen-bond donors (Lipinski definition) is 0. The number of nitrogens with zero attached hydrogens (tertiary/aromatic N) is 3. The molecule has 3 rings (SSSR count). The van der Waals surface area contributed by atoms with Gasteiger partial charge < -0.3 is 0 Å². The van der Waals surface area contributed by atoms with E-state index in [0.717, 1.165) is 10.9 Å². The van der Waals surface area contributed by atoms with Crippen LogP contribution in [0, 0.1) is 12.7 Å². The second-order valence-corrected chi connectivity index (χ2v) is 4.07. The number of aryl methyl sites for hydroxylation is 1. The zero-order valence-electron chi connectivity index (χ0n) is 9.76. The van der Waals surface area contributed by atoms with Crippen LogP contribution in [0.25, 0.3) is 22.4 Å². The monoisotopic (exact) mass is 239 g/mol. The number of fused-ring (bicyclic) bond motifs is 1. The second-order valence-electron chi connectivity index (χ2n) is 4.07. The van der Waals surface area contributed by atoms with Gasteiger partial charge in [0.15, 0.2) is 11.5 Å². The van der Waals surface area contributed by atoms with Crippen molar-refractivity contribution >= 4 is 11.0 Å². The van der Waals surface area contributed by atoms with E-state index in [1.165, 1.54) is 6.07 Å². The Morgan fingerprint density at radius 1 is 1.11 bits per heavy atom.